The van der Waals surface area contributed by atoms with Gasteiger partial charge in [-0.15, -0.1) is 0 Å². The second kappa shape index (κ2) is 7.12. The maximum atomic E-state index is 13.7. The van der Waals surface area contributed by atoms with E-state index in [-0.39, 0.29) is 17.2 Å². The Bertz CT molecular complexity index is 880. The van der Waals surface area contributed by atoms with Crippen molar-refractivity contribution in [3.63, 3.8) is 0 Å². The Hall–Kier alpha value is -3.22. The zero-order valence-electron chi connectivity index (χ0n) is 13.6. The van der Waals surface area contributed by atoms with Gasteiger partial charge in [-0.05, 0) is 25.1 Å². The van der Waals surface area contributed by atoms with Crippen LogP contribution in [0.5, 0.6) is 5.75 Å². The third-order valence-corrected chi connectivity index (χ3v) is 3.49. The number of esters is 1. The van der Waals surface area contributed by atoms with Crippen LogP contribution in [-0.2, 0) is 4.74 Å². The van der Waals surface area contributed by atoms with Crippen LogP contribution in [0.4, 0.5) is 4.39 Å². The average molecular weight is 342 g/mol. The molecule has 128 valence electrons. The zero-order valence-corrected chi connectivity index (χ0v) is 13.6. The monoisotopic (exact) mass is 342 g/mol. The lowest BCUT2D eigenvalue weighted by atomic mass is 10.2. The minimum absolute atomic E-state index is 0.0500. The molecule has 0 saturated heterocycles. The number of benzene rings is 2. The van der Waals surface area contributed by atoms with E-state index in [2.05, 4.69) is 10.1 Å². The topological polar surface area (TPSA) is 74.5 Å². The van der Waals surface area contributed by atoms with Crippen molar-refractivity contribution in [1.82, 2.24) is 10.1 Å². The number of carbonyl (C=O) groups is 1. The Morgan fingerprint density at radius 1 is 1.20 bits per heavy atom. The SMILES string of the molecule is COc1ccc(C(=O)O[C@H](C)c2nc(-c3ccccc3)no2)cc1F. The number of hydrogen-bond acceptors (Lipinski definition) is 6. The molecular weight excluding hydrogens is 327 g/mol. The standard InChI is InChI=1S/C18H15FN2O4/c1-11(17-20-16(21-25-17)12-6-4-3-5-7-12)24-18(22)13-8-9-15(23-2)14(19)10-13/h3-11H,1-2H3/t11-/m1/s1. The van der Waals surface area contributed by atoms with Crippen LogP contribution in [0.2, 0.25) is 0 Å². The Kier molecular flexibility index (Phi) is 4.74. The molecule has 0 saturated carbocycles. The van der Waals surface area contributed by atoms with E-state index in [1.165, 1.54) is 19.2 Å². The van der Waals surface area contributed by atoms with Crippen molar-refractivity contribution in [3.05, 3.63) is 65.8 Å². The molecule has 1 heterocycles. The molecule has 0 radical (unpaired) electrons. The summed E-state index contributed by atoms with van der Waals surface area (Å²) in [6.45, 7) is 1.60. The molecule has 3 aromatic rings. The van der Waals surface area contributed by atoms with Crippen LogP contribution in [0.1, 0.15) is 29.3 Å². The molecule has 1 atom stereocenters. The minimum Gasteiger partial charge on any atom is -0.494 e. The fourth-order valence-corrected chi connectivity index (χ4v) is 2.18. The van der Waals surface area contributed by atoms with Crippen LogP contribution in [-0.4, -0.2) is 23.2 Å². The first-order chi connectivity index (χ1) is 12.1. The van der Waals surface area contributed by atoms with Crippen LogP contribution in [0.3, 0.4) is 0 Å². The van der Waals surface area contributed by atoms with Gasteiger partial charge in [-0.3, -0.25) is 0 Å². The molecule has 0 amide bonds. The molecule has 0 aliphatic carbocycles. The van der Waals surface area contributed by atoms with Crippen molar-refractivity contribution in [1.29, 1.82) is 0 Å². The van der Waals surface area contributed by atoms with Gasteiger partial charge in [0.15, 0.2) is 17.7 Å². The normalized spacial score (nSPS) is 11.8. The molecule has 6 nitrogen and oxygen atoms in total. The molecule has 25 heavy (non-hydrogen) atoms. The predicted molar refractivity (Wildman–Crippen MR) is 86.5 cm³/mol. The minimum atomic E-state index is -0.775. The number of aromatic nitrogens is 2. The number of rotatable bonds is 5. The summed E-state index contributed by atoms with van der Waals surface area (Å²) >= 11 is 0. The van der Waals surface area contributed by atoms with Gasteiger partial charge < -0.3 is 14.0 Å². The molecule has 0 spiro atoms. The molecule has 0 fully saturated rings. The van der Waals surface area contributed by atoms with Gasteiger partial charge in [0.1, 0.15) is 0 Å². The molecule has 0 unspecified atom stereocenters. The van der Waals surface area contributed by atoms with E-state index in [1.54, 1.807) is 6.92 Å². The summed E-state index contributed by atoms with van der Waals surface area (Å²) in [6.07, 6.45) is -0.775. The summed E-state index contributed by atoms with van der Waals surface area (Å²) in [4.78, 5) is 16.4. The first kappa shape index (κ1) is 16.6. The van der Waals surface area contributed by atoms with Crippen molar-refractivity contribution < 1.29 is 23.2 Å². The number of halogens is 1. The van der Waals surface area contributed by atoms with Crippen molar-refractivity contribution in [2.75, 3.05) is 7.11 Å². The fourth-order valence-electron chi connectivity index (χ4n) is 2.18. The molecule has 0 bridgehead atoms. The average Bonchev–Trinajstić information content (AvgIpc) is 3.12. The third kappa shape index (κ3) is 3.65. The van der Waals surface area contributed by atoms with Gasteiger partial charge in [0, 0.05) is 5.56 Å². The van der Waals surface area contributed by atoms with Gasteiger partial charge in [-0.2, -0.15) is 4.98 Å². The second-order valence-electron chi connectivity index (χ2n) is 5.22. The Labute approximate surface area is 143 Å². The number of nitrogens with zero attached hydrogens (tertiary/aromatic N) is 2. The van der Waals surface area contributed by atoms with E-state index in [0.717, 1.165) is 11.6 Å². The third-order valence-electron chi connectivity index (χ3n) is 3.49. The first-order valence-electron chi connectivity index (χ1n) is 7.52. The van der Waals surface area contributed by atoms with Crippen LogP contribution < -0.4 is 4.74 Å². The van der Waals surface area contributed by atoms with Crippen LogP contribution in [0.25, 0.3) is 11.4 Å². The van der Waals surface area contributed by atoms with Crippen molar-refractivity contribution >= 4 is 5.97 Å². The maximum Gasteiger partial charge on any atom is 0.339 e. The van der Waals surface area contributed by atoms with Crippen molar-refractivity contribution in [2.45, 2.75) is 13.0 Å². The Morgan fingerprint density at radius 2 is 1.96 bits per heavy atom. The molecule has 7 heteroatoms. The Morgan fingerprint density at radius 3 is 2.64 bits per heavy atom. The van der Waals surface area contributed by atoms with Gasteiger partial charge in [0.25, 0.3) is 5.89 Å². The lowest BCUT2D eigenvalue weighted by Crippen LogP contribution is -2.10. The molecule has 0 aliphatic heterocycles. The summed E-state index contributed by atoms with van der Waals surface area (Å²) in [6, 6.07) is 13.1. The van der Waals surface area contributed by atoms with E-state index in [1.807, 2.05) is 30.3 Å². The number of carbonyl (C=O) groups excluding carboxylic acids is 1. The van der Waals surface area contributed by atoms with E-state index in [9.17, 15) is 9.18 Å². The summed E-state index contributed by atoms with van der Waals surface area (Å²) in [5.74, 6) is -0.744. The molecule has 0 N–H and O–H groups in total. The van der Waals surface area contributed by atoms with E-state index >= 15 is 0 Å². The lowest BCUT2D eigenvalue weighted by molar-refractivity contribution is 0.0265. The van der Waals surface area contributed by atoms with E-state index in [0.29, 0.717) is 5.82 Å². The summed E-state index contributed by atoms with van der Waals surface area (Å²) in [5.41, 5.74) is 0.848. The first-order valence-corrected chi connectivity index (χ1v) is 7.52. The van der Waals surface area contributed by atoms with Crippen molar-refractivity contribution in [3.8, 4) is 17.1 Å². The number of methoxy groups -OCH3 is 1. The zero-order chi connectivity index (χ0) is 17.8. The van der Waals surface area contributed by atoms with E-state index < -0.39 is 17.9 Å². The van der Waals surface area contributed by atoms with Gasteiger partial charge in [-0.25, -0.2) is 9.18 Å². The predicted octanol–water partition coefficient (Wildman–Crippen LogP) is 3.80. The highest BCUT2D eigenvalue weighted by Gasteiger charge is 2.21. The molecule has 2 aromatic carbocycles. The van der Waals surface area contributed by atoms with Gasteiger partial charge in [-0.1, -0.05) is 35.5 Å². The summed E-state index contributed by atoms with van der Waals surface area (Å²) in [5, 5.41) is 3.87. The highest BCUT2D eigenvalue weighted by Crippen LogP contribution is 2.23. The highest BCUT2D eigenvalue weighted by atomic mass is 19.1. The lowest BCUT2D eigenvalue weighted by Gasteiger charge is -2.09. The van der Waals surface area contributed by atoms with Gasteiger partial charge in [0.2, 0.25) is 5.82 Å². The van der Waals surface area contributed by atoms with E-state index in [4.69, 9.17) is 14.0 Å². The highest BCUT2D eigenvalue weighted by molar-refractivity contribution is 5.89. The molecular formula is C18H15FN2O4. The van der Waals surface area contributed by atoms with Gasteiger partial charge >= 0.3 is 5.97 Å². The molecule has 3 rings (SSSR count). The fraction of sp³-hybridized carbons (Fsp3) is 0.167. The largest absolute Gasteiger partial charge is 0.494 e. The second-order valence-corrected chi connectivity index (χ2v) is 5.22. The molecule has 1 aromatic heterocycles. The Balaban J connectivity index is 1.72. The maximum absolute atomic E-state index is 13.7. The van der Waals surface area contributed by atoms with Crippen molar-refractivity contribution in [2.24, 2.45) is 0 Å². The van der Waals surface area contributed by atoms with Crippen LogP contribution in [0.15, 0.2) is 53.1 Å². The quantitative estimate of drug-likeness (QED) is 0.657. The number of hydrogen-bond donors (Lipinski definition) is 0. The number of ether oxygens (including phenoxy) is 2. The smallest absolute Gasteiger partial charge is 0.339 e. The van der Waals surface area contributed by atoms with Crippen LogP contribution in [0, 0.1) is 5.82 Å². The summed E-state index contributed by atoms with van der Waals surface area (Å²) < 4.78 is 28.9. The van der Waals surface area contributed by atoms with Crippen LogP contribution >= 0.6 is 0 Å². The summed E-state index contributed by atoms with van der Waals surface area (Å²) in [7, 11) is 1.35. The molecule has 0 aliphatic rings. The van der Waals surface area contributed by atoms with Gasteiger partial charge in [0.05, 0.1) is 12.7 Å².